The molecule has 0 saturated heterocycles. The Kier molecular flexibility index (Phi) is 6.26. The molecule has 100 valence electrons. The summed E-state index contributed by atoms with van der Waals surface area (Å²) in [5, 5.41) is 5.91. The van der Waals surface area contributed by atoms with Gasteiger partial charge in [0.25, 0.3) is 0 Å². The fourth-order valence-corrected chi connectivity index (χ4v) is 1.88. The van der Waals surface area contributed by atoms with Crippen LogP contribution in [0.15, 0.2) is 30.3 Å². The van der Waals surface area contributed by atoms with Crippen molar-refractivity contribution in [2.45, 2.75) is 39.7 Å². The molecule has 2 amide bonds. The van der Waals surface area contributed by atoms with E-state index in [9.17, 15) is 4.79 Å². The Balaban J connectivity index is 2.64. The monoisotopic (exact) mass is 248 g/mol. The first-order valence-electron chi connectivity index (χ1n) is 6.72. The molecule has 0 aliphatic rings. The van der Waals surface area contributed by atoms with Crippen LogP contribution in [0.25, 0.3) is 0 Å². The van der Waals surface area contributed by atoms with E-state index < -0.39 is 0 Å². The van der Waals surface area contributed by atoms with Crippen LogP contribution in [-0.4, -0.2) is 12.6 Å². The van der Waals surface area contributed by atoms with Crippen molar-refractivity contribution in [3.8, 4) is 0 Å². The zero-order valence-electron chi connectivity index (χ0n) is 11.6. The zero-order valence-corrected chi connectivity index (χ0v) is 11.6. The standard InChI is InChI=1S/C15H24N2O/c1-4-10-16-15(18)17-14(11-12(2)3)13-8-6-5-7-9-13/h5-9,12,14H,4,10-11H2,1-3H3,(H2,16,17,18)/t14-/m0/s1. The molecule has 1 aromatic rings. The molecule has 0 heterocycles. The number of nitrogens with one attached hydrogen (secondary N) is 2. The predicted octanol–water partition coefficient (Wildman–Crippen LogP) is 3.48. The Bertz CT molecular complexity index is 349. The van der Waals surface area contributed by atoms with Crippen molar-refractivity contribution >= 4 is 6.03 Å². The molecule has 3 heteroatoms. The first-order valence-corrected chi connectivity index (χ1v) is 6.72. The Hall–Kier alpha value is -1.51. The second kappa shape index (κ2) is 7.75. The number of carbonyl (C=O) groups excluding carboxylic acids is 1. The maximum atomic E-state index is 11.7. The number of rotatable bonds is 6. The lowest BCUT2D eigenvalue weighted by molar-refractivity contribution is 0.235. The number of benzene rings is 1. The predicted molar refractivity (Wildman–Crippen MR) is 75.5 cm³/mol. The van der Waals surface area contributed by atoms with E-state index in [1.165, 1.54) is 0 Å². The van der Waals surface area contributed by atoms with E-state index in [0.29, 0.717) is 5.92 Å². The van der Waals surface area contributed by atoms with Gasteiger partial charge in [-0.3, -0.25) is 0 Å². The molecule has 18 heavy (non-hydrogen) atoms. The summed E-state index contributed by atoms with van der Waals surface area (Å²) in [6.45, 7) is 7.10. The van der Waals surface area contributed by atoms with Gasteiger partial charge >= 0.3 is 6.03 Å². The van der Waals surface area contributed by atoms with Gasteiger partial charge in [-0.2, -0.15) is 0 Å². The maximum Gasteiger partial charge on any atom is 0.315 e. The number of hydrogen-bond acceptors (Lipinski definition) is 1. The maximum absolute atomic E-state index is 11.7. The summed E-state index contributed by atoms with van der Waals surface area (Å²) in [5.74, 6) is 0.543. The Morgan fingerprint density at radius 3 is 2.44 bits per heavy atom. The van der Waals surface area contributed by atoms with Crippen molar-refractivity contribution in [3.63, 3.8) is 0 Å². The second-order valence-electron chi connectivity index (χ2n) is 4.99. The van der Waals surface area contributed by atoms with E-state index in [0.717, 1.165) is 24.9 Å². The minimum Gasteiger partial charge on any atom is -0.338 e. The average Bonchev–Trinajstić information content (AvgIpc) is 2.36. The van der Waals surface area contributed by atoms with Gasteiger partial charge in [-0.1, -0.05) is 51.1 Å². The van der Waals surface area contributed by atoms with Crippen LogP contribution in [0.5, 0.6) is 0 Å². The molecule has 0 radical (unpaired) electrons. The smallest absolute Gasteiger partial charge is 0.315 e. The molecule has 1 aromatic carbocycles. The van der Waals surface area contributed by atoms with Gasteiger partial charge in [0.1, 0.15) is 0 Å². The Morgan fingerprint density at radius 2 is 1.89 bits per heavy atom. The number of hydrogen-bond donors (Lipinski definition) is 2. The molecule has 0 bridgehead atoms. The van der Waals surface area contributed by atoms with Crippen molar-refractivity contribution < 1.29 is 4.79 Å². The van der Waals surface area contributed by atoms with Gasteiger partial charge in [0.15, 0.2) is 0 Å². The lowest BCUT2D eigenvalue weighted by Gasteiger charge is -2.21. The van der Waals surface area contributed by atoms with Gasteiger partial charge < -0.3 is 10.6 Å². The molecule has 2 N–H and O–H groups in total. The van der Waals surface area contributed by atoms with Gasteiger partial charge in [0, 0.05) is 6.54 Å². The van der Waals surface area contributed by atoms with Crippen molar-refractivity contribution in [3.05, 3.63) is 35.9 Å². The zero-order chi connectivity index (χ0) is 13.4. The van der Waals surface area contributed by atoms with E-state index in [1.54, 1.807) is 0 Å². The van der Waals surface area contributed by atoms with Gasteiger partial charge in [0.2, 0.25) is 0 Å². The highest BCUT2D eigenvalue weighted by molar-refractivity contribution is 5.74. The third-order valence-corrected chi connectivity index (χ3v) is 2.75. The highest BCUT2D eigenvalue weighted by Gasteiger charge is 2.15. The van der Waals surface area contributed by atoms with Gasteiger partial charge in [0.05, 0.1) is 6.04 Å². The molecule has 0 fully saturated rings. The minimum atomic E-state index is -0.0775. The molecule has 0 aromatic heterocycles. The van der Waals surface area contributed by atoms with E-state index >= 15 is 0 Å². The van der Waals surface area contributed by atoms with Crippen molar-refractivity contribution in [1.82, 2.24) is 10.6 Å². The van der Waals surface area contributed by atoms with Crippen molar-refractivity contribution in [2.24, 2.45) is 5.92 Å². The van der Waals surface area contributed by atoms with E-state index in [-0.39, 0.29) is 12.1 Å². The highest BCUT2D eigenvalue weighted by Crippen LogP contribution is 2.20. The third-order valence-electron chi connectivity index (χ3n) is 2.75. The molecule has 0 spiro atoms. The van der Waals surface area contributed by atoms with Gasteiger partial charge in [-0.05, 0) is 24.3 Å². The summed E-state index contributed by atoms with van der Waals surface area (Å²) in [6, 6.07) is 10.1. The fourth-order valence-electron chi connectivity index (χ4n) is 1.88. The van der Waals surface area contributed by atoms with Crippen LogP contribution in [0.3, 0.4) is 0 Å². The average molecular weight is 248 g/mol. The van der Waals surface area contributed by atoms with Crippen molar-refractivity contribution in [2.75, 3.05) is 6.54 Å². The summed E-state index contributed by atoms with van der Waals surface area (Å²) in [7, 11) is 0. The molecule has 0 aliphatic heterocycles. The van der Waals surface area contributed by atoms with E-state index in [1.807, 2.05) is 25.1 Å². The summed E-state index contributed by atoms with van der Waals surface area (Å²) in [4.78, 5) is 11.7. The molecular weight excluding hydrogens is 224 g/mol. The van der Waals surface area contributed by atoms with Gasteiger partial charge in [-0.15, -0.1) is 0 Å². The van der Waals surface area contributed by atoms with Crippen LogP contribution < -0.4 is 10.6 Å². The molecule has 1 atom stereocenters. The number of urea groups is 1. The molecule has 0 saturated carbocycles. The fraction of sp³-hybridized carbons (Fsp3) is 0.533. The first-order chi connectivity index (χ1) is 8.63. The normalized spacial score (nSPS) is 12.2. The number of carbonyl (C=O) groups is 1. The largest absolute Gasteiger partial charge is 0.338 e. The SMILES string of the molecule is CCCNC(=O)N[C@@H](CC(C)C)c1ccccc1. The van der Waals surface area contributed by atoms with Crippen LogP contribution in [-0.2, 0) is 0 Å². The summed E-state index contributed by atoms with van der Waals surface area (Å²) in [5.41, 5.74) is 1.16. The van der Waals surface area contributed by atoms with E-state index in [4.69, 9.17) is 0 Å². The van der Waals surface area contributed by atoms with Crippen LogP contribution in [0.4, 0.5) is 4.79 Å². The molecule has 0 aliphatic carbocycles. The second-order valence-corrected chi connectivity index (χ2v) is 4.99. The van der Waals surface area contributed by atoms with Crippen LogP contribution in [0.2, 0.25) is 0 Å². The quantitative estimate of drug-likeness (QED) is 0.795. The summed E-state index contributed by atoms with van der Waals surface area (Å²) >= 11 is 0. The molecular formula is C15H24N2O. The number of amides is 2. The van der Waals surface area contributed by atoms with Gasteiger partial charge in [-0.25, -0.2) is 4.79 Å². The Morgan fingerprint density at radius 1 is 1.22 bits per heavy atom. The van der Waals surface area contributed by atoms with Crippen molar-refractivity contribution in [1.29, 1.82) is 0 Å². The lowest BCUT2D eigenvalue weighted by atomic mass is 9.97. The highest BCUT2D eigenvalue weighted by atomic mass is 16.2. The van der Waals surface area contributed by atoms with Crippen LogP contribution >= 0.6 is 0 Å². The Labute approximate surface area is 110 Å². The molecule has 1 rings (SSSR count). The van der Waals surface area contributed by atoms with Crippen LogP contribution in [0, 0.1) is 5.92 Å². The topological polar surface area (TPSA) is 41.1 Å². The lowest BCUT2D eigenvalue weighted by Crippen LogP contribution is -2.38. The molecule has 3 nitrogen and oxygen atoms in total. The third kappa shape index (κ3) is 5.21. The summed E-state index contributed by atoms with van der Waals surface area (Å²) in [6.07, 6.45) is 1.90. The first kappa shape index (κ1) is 14.6. The molecule has 0 unspecified atom stereocenters. The summed E-state index contributed by atoms with van der Waals surface area (Å²) < 4.78 is 0. The van der Waals surface area contributed by atoms with E-state index in [2.05, 4.69) is 36.6 Å². The van der Waals surface area contributed by atoms with Crippen LogP contribution in [0.1, 0.15) is 45.2 Å². The minimum absolute atomic E-state index is 0.0775.